The molecule has 1 aliphatic rings. The number of rotatable bonds is 0. The zero-order chi connectivity index (χ0) is 9.68. The highest BCUT2D eigenvalue weighted by Gasteiger charge is 2.14. The van der Waals surface area contributed by atoms with Crippen molar-refractivity contribution in [3.8, 4) is 0 Å². The molecule has 1 heterocycles. The first kappa shape index (κ1) is 9.72. The van der Waals surface area contributed by atoms with Gasteiger partial charge in [-0.2, -0.15) is 0 Å². The SMILES string of the molecule is CNC(=O)NNC(=O)N1CC=CS1. The van der Waals surface area contributed by atoms with Gasteiger partial charge in [0, 0.05) is 7.05 Å². The van der Waals surface area contributed by atoms with Crippen LogP contribution in [0.4, 0.5) is 9.59 Å². The molecule has 72 valence electrons. The number of carbonyl (C=O) groups is 2. The maximum Gasteiger partial charge on any atom is 0.346 e. The van der Waals surface area contributed by atoms with Crippen LogP contribution in [0, 0.1) is 0 Å². The molecule has 0 aromatic carbocycles. The summed E-state index contributed by atoms with van der Waals surface area (Å²) >= 11 is 1.28. The number of amides is 4. The van der Waals surface area contributed by atoms with E-state index in [2.05, 4.69) is 16.2 Å². The smallest absolute Gasteiger partial charge is 0.340 e. The van der Waals surface area contributed by atoms with Gasteiger partial charge in [-0.25, -0.2) is 20.4 Å². The monoisotopic (exact) mass is 202 g/mol. The highest BCUT2D eigenvalue weighted by Crippen LogP contribution is 2.16. The molecule has 0 aromatic rings. The Kier molecular flexibility index (Phi) is 3.44. The normalized spacial score (nSPS) is 14.1. The molecule has 3 N–H and O–H groups in total. The number of carbonyl (C=O) groups excluding carboxylic acids is 2. The highest BCUT2D eigenvalue weighted by atomic mass is 32.2. The Bertz CT molecular complexity index is 235. The third-order valence-electron chi connectivity index (χ3n) is 1.29. The fourth-order valence-electron chi connectivity index (χ4n) is 0.664. The molecule has 0 saturated carbocycles. The molecule has 6 nitrogen and oxygen atoms in total. The molecule has 0 atom stereocenters. The maximum atomic E-state index is 11.2. The van der Waals surface area contributed by atoms with Gasteiger partial charge in [-0.15, -0.1) is 0 Å². The lowest BCUT2D eigenvalue weighted by molar-refractivity contribution is 0.217. The Hall–Kier alpha value is -1.37. The number of hydrogen-bond acceptors (Lipinski definition) is 3. The van der Waals surface area contributed by atoms with Crippen LogP contribution in [-0.2, 0) is 0 Å². The van der Waals surface area contributed by atoms with Crippen LogP contribution in [0.1, 0.15) is 0 Å². The first-order valence-corrected chi connectivity index (χ1v) is 4.44. The zero-order valence-corrected chi connectivity index (χ0v) is 7.85. The van der Waals surface area contributed by atoms with E-state index in [1.807, 2.05) is 6.08 Å². The van der Waals surface area contributed by atoms with Gasteiger partial charge in [0.05, 0.1) is 6.54 Å². The average Bonchev–Trinajstić information content (AvgIpc) is 2.66. The summed E-state index contributed by atoms with van der Waals surface area (Å²) in [4.78, 5) is 21.8. The molecule has 0 saturated heterocycles. The lowest BCUT2D eigenvalue weighted by Gasteiger charge is -2.14. The van der Waals surface area contributed by atoms with E-state index in [0.717, 1.165) is 0 Å². The van der Waals surface area contributed by atoms with Crippen LogP contribution >= 0.6 is 11.9 Å². The van der Waals surface area contributed by atoms with Crippen molar-refractivity contribution in [2.75, 3.05) is 13.6 Å². The Morgan fingerprint density at radius 1 is 1.46 bits per heavy atom. The second kappa shape index (κ2) is 4.61. The van der Waals surface area contributed by atoms with Crippen LogP contribution in [-0.4, -0.2) is 30.0 Å². The second-order valence-corrected chi connectivity index (χ2v) is 3.10. The summed E-state index contributed by atoms with van der Waals surface area (Å²) in [5.74, 6) is 0. The summed E-state index contributed by atoms with van der Waals surface area (Å²) in [7, 11) is 1.47. The minimum Gasteiger partial charge on any atom is -0.340 e. The van der Waals surface area contributed by atoms with Gasteiger partial charge in [0.15, 0.2) is 0 Å². The van der Waals surface area contributed by atoms with E-state index in [9.17, 15) is 9.59 Å². The van der Waals surface area contributed by atoms with Gasteiger partial charge in [-0.3, -0.25) is 4.31 Å². The number of urea groups is 2. The quantitative estimate of drug-likeness (QED) is 0.383. The molecular formula is C6H10N4O2S. The maximum absolute atomic E-state index is 11.2. The van der Waals surface area contributed by atoms with Gasteiger partial charge < -0.3 is 5.32 Å². The lowest BCUT2D eigenvalue weighted by atomic mass is 10.6. The molecule has 1 aliphatic heterocycles. The van der Waals surface area contributed by atoms with E-state index in [0.29, 0.717) is 6.54 Å². The third kappa shape index (κ3) is 2.86. The highest BCUT2D eigenvalue weighted by molar-refractivity contribution is 8.00. The van der Waals surface area contributed by atoms with E-state index in [1.165, 1.54) is 23.3 Å². The van der Waals surface area contributed by atoms with Crippen molar-refractivity contribution in [1.29, 1.82) is 0 Å². The number of hydrazine groups is 1. The summed E-state index contributed by atoms with van der Waals surface area (Å²) in [5.41, 5.74) is 4.42. The predicted octanol–water partition coefficient (Wildman–Crippen LogP) is 0.0175. The Morgan fingerprint density at radius 3 is 2.77 bits per heavy atom. The van der Waals surface area contributed by atoms with Crippen LogP contribution in [0.5, 0.6) is 0 Å². The third-order valence-corrected chi connectivity index (χ3v) is 2.18. The summed E-state index contributed by atoms with van der Waals surface area (Å²) in [6.07, 6.45) is 1.85. The van der Waals surface area contributed by atoms with Crippen molar-refractivity contribution < 1.29 is 9.59 Å². The fourth-order valence-corrected chi connectivity index (χ4v) is 1.30. The molecule has 0 aromatic heterocycles. The largest absolute Gasteiger partial charge is 0.346 e. The second-order valence-electron chi connectivity index (χ2n) is 2.17. The summed E-state index contributed by atoms with van der Waals surface area (Å²) in [6.45, 7) is 0.548. The van der Waals surface area contributed by atoms with Crippen molar-refractivity contribution in [3.05, 3.63) is 11.5 Å². The molecule has 0 spiro atoms. The van der Waals surface area contributed by atoms with E-state index < -0.39 is 6.03 Å². The molecule has 0 bridgehead atoms. The van der Waals surface area contributed by atoms with Crippen LogP contribution < -0.4 is 16.2 Å². The van der Waals surface area contributed by atoms with Crippen LogP contribution in [0.15, 0.2) is 11.5 Å². The first-order chi connectivity index (χ1) is 6.24. The molecule has 0 fully saturated rings. The van der Waals surface area contributed by atoms with Gasteiger partial charge in [0.25, 0.3) is 0 Å². The molecule has 7 heteroatoms. The van der Waals surface area contributed by atoms with Crippen LogP contribution in [0.25, 0.3) is 0 Å². The van der Waals surface area contributed by atoms with Gasteiger partial charge in [-0.05, 0) is 17.4 Å². The topological polar surface area (TPSA) is 73.5 Å². The summed E-state index contributed by atoms with van der Waals surface area (Å²) in [6, 6.07) is -0.802. The molecule has 1 rings (SSSR count). The Morgan fingerprint density at radius 2 is 2.23 bits per heavy atom. The Balaban J connectivity index is 2.21. The van der Waals surface area contributed by atoms with Gasteiger partial charge in [-0.1, -0.05) is 6.08 Å². The molecule has 0 unspecified atom stereocenters. The van der Waals surface area contributed by atoms with Gasteiger partial charge in [0.1, 0.15) is 0 Å². The van der Waals surface area contributed by atoms with Crippen LogP contribution in [0.2, 0.25) is 0 Å². The molecule has 13 heavy (non-hydrogen) atoms. The van der Waals surface area contributed by atoms with E-state index in [-0.39, 0.29) is 6.03 Å². The van der Waals surface area contributed by atoms with Crippen molar-refractivity contribution in [3.63, 3.8) is 0 Å². The number of nitrogens with one attached hydrogen (secondary N) is 3. The predicted molar refractivity (Wildman–Crippen MR) is 49.6 cm³/mol. The van der Waals surface area contributed by atoms with E-state index >= 15 is 0 Å². The minimum atomic E-state index is -0.453. The minimum absolute atomic E-state index is 0.349. The van der Waals surface area contributed by atoms with Crippen molar-refractivity contribution in [2.24, 2.45) is 0 Å². The van der Waals surface area contributed by atoms with Gasteiger partial charge in [0.2, 0.25) is 0 Å². The van der Waals surface area contributed by atoms with Crippen molar-refractivity contribution in [1.82, 2.24) is 20.5 Å². The average molecular weight is 202 g/mol. The fraction of sp³-hybridized carbons (Fsp3) is 0.333. The zero-order valence-electron chi connectivity index (χ0n) is 7.03. The molecule has 0 aliphatic carbocycles. The molecular weight excluding hydrogens is 192 g/mol. The summed E-state index contributed by atoms with van der Waals surface area (Å²) < 4.78 is 1.47. The van der Waals surface area contributed by atoms with Crippen molar-refractivity contribution in [2.45, 2.75) is 0 Å². The lowest BCUT2D eigenvalue weighted by Crippen LogP contribution is -2.49. The standard InChI is InChI=1S/C6H10N4O2S/c1-7-5(11)8-9-6(12)10-3-2-4-13-10/h2,4H,3H2,1H3,(H,9,12)(H2,7,8,11). The van der Waals surface area contributed by atoms with E-state index in [4.69, 9.17) is 0 Å². The first-order valence-electron chi connectivity index (χ1n) is 3.61. The molecule has 0 radical (unpaired) electrons. The summed E-state index contributed by atoms with van der Waals surface area (Å²) in [5, 5.41) is 4.11. The number of hydrogen-bond donors (Lipinski definition) is 3. The van der Waals surface area contributed by atoms with Crippen molar-refractivity contribution >= 4 is 24.0 Å². The van der Waals surface area contributed by atoms with E-state index in [1.54, 1.807) is 5.41 Å². The number of nitrogens with zero attached hydrogens (tertiary/aromatic N) is 1. The van der Waals surface area contributed by atoms with Gasteiger partial charge >= 0.3 is 12.1 Å². The Labute approximate surface area is 79.8 Å². The van der Waals surface area contributed by atoms with Crippen LogP contribution in [0.3, 0.4) is 0 Å². The molecule has 4 amide bonds.